The van der Waals surface area contributed by atoms with E-state index in [2.05, 4.69) is 0 Å². The fourth-order valence-corrected chi connectivity index (χ4v) is 1.83. The summed E-state index contributed by atoms with van der Waals surface area (Å²) in [6.45, 7) is 5.44. The lowest BCUT2D eigenvalue weighted by molar-refractivity contribution is 0.108. The van der Waals surface area contributed by atoms with E-state index in [1.807, 2.05) is 13.8 Å². The average molecular weight is 228 g/mol. The molecule has 0 aliphatic rings. The first-order chi connectivity index (χ1) is 7.47. The second-order valence-electron chi connectivity index (χ2n) is 4.33. The van der Waals surface area contributed by atoms with Crippen LogP contribution in [-0.2, 0) is 0 Å². The Hall–Kier alpha value is -0.960. The molecule has 1 N–H and O–H groups in total. The maximum absolute atomic E-state index is 13.5. The van der Waals surface area contributed by atoms with Crippen molar-refractivity contribution in [1.29, 1.82) is 0 Å². The van der Waals surface area contributed by atoms with Gasteiger partial charge in [0.1, 0.15) is 11.6 Å². The quantitative estimate of drug-likeness (QED) is 0.832. The van der Waals surface area contributed by atoms with Crippen LogP contribution in [0.4, 0.5) is 8.78 Å². The Morgan fingerprint density at radius 2 is 1.88 bits per heavy atom. The first-order valence-corrected chi connectivity index (χ1v) is 5.61. The fourth-order valence-electron chi connectivity index (χ4n) is 1.83. The monoisotopic (exact) mass is 228 g/mol. The molecule has 3 heteroatoms. The molecule has 0 aliphatic heterocycles. The van der Waals surface area contributed by atoms with Crippen LogP contribution in [0.25, 0.3) is 0 Å². The topological polar surface area (TPSA) is 20.2 Å². The first-order valence-electron chi connectivity index (χ1n) is 5.61. The third-order valence-electron chi connectivity index (χ3n) is 2.88. The Labute approximate surface area is 95.1 Å². The number of aryl methyl sites for hydroxylation is 1. The van der Waals surface area contributed by atoms with Gasteiger partial charge < -0.3 is 5.11 Å². The van der Waals surface area contributed by atoms with E-state index in [-0.39, 0.29) is 11.5 Å². The zero-order chi connectivity index (χ0) is 12.3. The van der Waals surface area contributed by atoms with Gasteiger partial charge in [0.25, 0.3) is 0 Å². The van der Waals surface area contributed by atoms with Crippen LogP contribution in [0.2, 0.25) is 0 Å². The molecule has 0 heterocycles. The van der Waals surface area contributed by atoms with Crippen LogP contribution in [-0.4, -0.2) is 5.11 Å². The zero-order valence-corrected chi connectivity index (χ0v) is 9.93. The molecule has 1 aromatic rings. The number of aliphatic hydroxyl groups is 1. The minimum Gasteiger partial charge on any atom is -0.388 e. The zero-order valence-electron chi connectivity index (χ0n) is 9.93. The predicted octanol–water partition coefficient (Wildman–Crippen LogP) is 3.74. The molecule has 1 aromatic carbocycles. The van der Waals surface area contributed by atoms with E-state index < -0.39 is 17.7 Å². The maximum Gasteiger partial charge on any atom is 0.131 e. The summed E-state index contributed by atoms with van der Waals surface area (Å²) in [5.41, 5.74) is 0.555. The van der Waals surface area contributed by atoms with Crippen molar-refractivity contribution in [2.45, 2.75) is 39.7 Å². The lowest BCUT2D eigenvalue weighted by Gasteiger charge is -2.19. The highest BCUT2D eigenvalue weighted by Crippen LogP contribution is 2.28. The number of benzene rings is 1. The summed E-state index contributed by atoms with van der Waals surface area (Å²) in [7, 11) is 0. The molecule has 90 valence electrons. The van der Waals surface area contributed by atoms with Crippen molar-refractivity contribution in [1.82, 2.24) is 0 Å². The van der Waals surface area contributed by atoms with E-state index in [4.69, 9.17) is 0 Å². The van der Waals surface area contributed by atoms with Crippen LogP contribution in [0, 0.1) is 24.5 Å². The lowest BCUT2D eigenvalue weighted by Crippen LogP contribution is -2.11. The highest BCUT2D eigenvalue weighted by molar-refractivity contribution is 5.27. The van der Waals surface area contributed by atoms with Gasteiger partial charge in [-0.05, 0) is 30.9 Å². The third-order valence-corrected chi connectivity index (χ3v) is 2.88. The molecule has 2 atom stereocenters. The average Bonchev–Trinajstić information content (AvgIpc) is 2.23. The van der Waals surface area contributed by atoms with Gasteiger partial charge in [-0.1, -0.05) is 20.3 Å². The molecule has 0 amide bonds. The van der Waals surface area contributed by atoms with Crippen molar-refractivity contribution in [2.75, 3.05) is 0 Å². The van der Waals surface area contributed by atoms with Gasteiger partial charge in [0.15, 0.2) is 0 Å². The van der Waals surface area contributed by atoms with E-state index in [0.717, 1.165) is 18.9 Å². The summed E-state index contributed by atoms with van der Waals surface area (Å²) in [6, 6.07) is 2.23. The molecule has 0 saturated carbocycles. The molecule has 0 spiro atoms. The fraction of sp³-hybridized carbons (Fsp3) is 0.538. The van der Waals surface area contributed by atoms with Crippen LogP contribution in [0.5, 0.6) is 0 Å². The van der Waals surface area contributed by atoms with Crippen molar-refractivity contribution >= 4 is 0 Å². The molecule has 0 bridgehead atoms. The molecule has 16 heavy (non-hydrogen) atoms. The van der Waals surface area contributed by atoms with E-state index in [0.29, 0.717) is 5.56 Å². The van der Waals surface area contributed by atoms with Gasteiger partial charge in [-0.3, -0.25) is 0 Å². The molecular weight excluding hydrogens is 210 g/mol. The molecule has 1 rings (SSSR count). The largest absolute Gasteiger partial charge is 0.388 e. The number of rotatable bonds is 4. The number of hydrogen-bond acceptors (Lipinski definition) is 1. The lowest BCUT2D eigenvalue weighted by atomic mass is 9.92. The molecule has 0 aromatic heterocycles. The van der Waals surface area contributed by atoms with Crippen LogP contribution >= 0.6 is 0 Å². The maximum atomic E-state index is 13.5. The third kappa shape index (κ3) is 2.79. The highest BCUT2D eigenvalue weighted by Gasteiger charge is 2.20. The van der Waals surface area contributed by atoms with Crippen molar-refractivity contribution in [3.05, 3.63) is 34.9 Å². The second-order valence-corrected chi connectivity index (χ2v) is 4.33. The van der Waals surface area contributed by atoms with E-state index in [1.165, 1.54) is 6.07 Å². The van der Waals surface area contributed by atoms with Gasteiger partial charge in [-0.15, -0.1) is 0 Å². The Kier molecular flexibility index (Phi) is 4.42. The number of aliphatic hydroxyl groups excluding tert-OH is 1. The van der Waals surface area contributed by atoms with Gasteiger partial charge in [0.05, 0.1) is 6.10 Å². The van der Waals surface area contributed by atoms with Crippen molar-refractivity contribution in [2.24, 2.45) is 5.92 Å². The van der Waals surface area contributed by atoms with E-state index in [1.54, 1.807) is 6.92 Å². The Balaban J connectivity index is 2.99. The van der Waals surface area contributed by atoms with Crippen molar-refractivity contribution in [3.8, 4) is 0 Å². The highest BCUT2D eigenvalue weighted by atomic mass is 19.1. The summed E-state index contributed by atoms with van der Waals surface area (Å²) < 4.78 is 26.5. The van der Waals surface area contributed by atoms with Crippen molar-refractivity contribution in [3.63, 3.8) is 0 Å². The normalized spacial score (nSPS) is 14.9. The first kappa shape index (κ1) is 13.1. The smallest absolute Gasteiger partial charge is 0.131 e. The minimum atomic E-state index is -0.862. The second kappa shape index (κ2) is 5.39. The Morgan fingerprint density at radius 1 is 1.25 bits per heavy atom. The summed E-state index contributed by atoms with van der Waals surface area (Å²) >= 11 is 0. The van der Waals surface area contributed by atoms with E-state index in [9.17, 15) is 13.9 Å². The van der Waals surface area contributed by atoms with E-state index >= 15 is 0 Å². The summed E-state index contributed by atoms with van der Waals surface area (Å²) in [5.74, 6) is -1.26. The van der Waals surface area contributed by atoms with Crippen LogP contribution < -0.4 is 0 Å². The molecule has 0 fully saturated rings. The molecule has 1 nitrogen and oxygen atoms in total. The van der Waals surface area contributed by atoms with Crippen LogP contribution in [0.3, 0.4) is 0 Å². The summed E-state index contributed by atoms with van der Waals surface area (Å²) in [5, 5.41) is 9.95. The van der Waals surface area contributed by atoms with Gasteiger partial charge in [0, 0.05) is 11.6 Å². The van der Waals surface area contributed by atoms with Gasteiger partial charge in [-0.2, -0.15) is 0 Å². The van der Waals surface area contributed by atoms with Crippen LogP contribution in [0.1, 0.15) is 43.9 Å². The number of halogens is 2. The standard InChI is InChI=1S/C13H18F2O/c1-4-5-8(2)13(16)10-6-9(3)11(14)7-12(10)15/h6-8,13,16H,4-5H2,1-3H3. The SMILES string of the molecule is CCCC(C)C(O)c1cc(C)c(F)cc1F. The summed E-state index contributed by atoms with van der Waals surface area (Å²) in [4.78, 5) is 0. The minimum absolute atomic E-state index is 0.0237. The molecule has 0 radical (unpaired) electrons. The van der Waals surface area contributed by atoms with Gasteiger partial charge in [-0.25, -0.2) is 8.78 Å². The molecule has 0 saturated heterocycles. The summed E-state index contributed by atoms with van der Waals surface area (Å²) in [6.07, 6.45) is 0.885. The Morgan fingerprint density at radius 3 is 2.44 bits per heavy atom. The molecule has 0 aliphatic carbocycles. The van der Waals surface area contributed by atoms with Gasteiger partial charge >= 0.3 is 0 Å². The number of hydrogen-bond donors (Lipinski definition) is 1. The Bertz CT molecular complexity index is 363. The molecule has 2 unspecified atom stereocenters. The van der Waals surface area contributed by atoms with Crippen LogP contribution in [0.15, 0.2) is 12.1 Å². The van der Waals surface area contributed by atoms with Gasteiger partial charge in [0.2, 0.25) is 0 Å². The predicted molar refractivity (Wildman–Crippen MR) is 60.1 cm³/mol. The molecular formula is C13H18F2O. The van der Waals surface area contributed by atoms with Crippen molar-refractivity contribution < 1.29 is 13.9 Å².